The van der Waals surface area contributed by atoms with Gasteiger partial charge in [-0.15, -0.1) is 0 Å². The van der Waals surface area contributed by atoms with Gasteiger partial charge in [0.1, 0.15) is 12.4 Å². The number of hydrogen-bond donors (Lipinski definition) is 1. The van der Waals surface area contributed by atoms with Crippen molar-refractivity contribution in [3.05, 3.63) is 35.5 Å². The van der Waals surface area contributed by atoms with Gasteiger partial charge < -0.3 is 24.4 Å². The minimum Gasteiger partial charge on any atom is -0.466 e. The minimum absolute atomic E-state index is 0.0537. The summed E-state index contributed by atoms with van der Waals surface area (Å²) in [6, 6.07) is 6.87. The van der Waals surface area contributed by atoms with E-state index in [1.165, 1.54) is 19.1 Å². The number of anilines is 2. The standard InChI is InChI=1S/C17H19N3O6/c1-24-15(21)13-9-26-10-20(14(13)16(22)25-2)12-5-3-4-11(8-12)19-7-6-18-17(19)23/h3-5,8H,6-7,9-10H2,1-2H3,(H,18,23). The summed E-state index contributed by atoms with van der Waals surface area (Å²) < 4.78 is 15.0. The normalized spacial score (nSPS) is 17.2. The number of urea groups is 1. The van der Waals surface area contributed by atoms with Crippen LogP contribution in [0.5, 0.6) is 0 Å². The Labute approximate surface area is 150 Å². The van der Waals surface area contributed by atoms with Gasteiger partial charge >= 0.3 is 18.0 Å². The number of methoxy groups -OCH3 is 2. The minimum atomic E-state index is -0.669. The van der Waals surface area contributed by atoms with Crippen LogP contribution in [0.15, 0.2) is 35.5 Å². The van der Waals surface area contributed by atoms with E-state index in [-0.39, 0.29) is 30.6 Å². The highest BCUT2D eigenvalue weighted by atomic mass is 16.5. The number of hydrogen-bond acceptors (Lipinski definition) is 7. The number of carbonyl (C=O) groups is 3. The van der Waals surface area contributed by atoms with Crippen molar-refractivity contribution in [1.82, 2.24) is 5.32 Å². The summed E-state index contributed by atoms with van der Waals surface area (Å²) >= 11 is 0. The average molecular weight is 361 g/mol. The molecule has 9 heteroatoms. The molecule has 1 aromatic rings. The summed E-state index contributed by atoms with van der Waals surface area (Å²) in [6.45, 7) is 1.12. The van der Waals surface area contributed by atoms with E-state index >= 15 is 0 Å². The molecule has 2 amide bonds. The molecule has 1 aromatic carbocycles. The fourth-order valence-corrected chi connectivity index (χ4v) is 2.89. The van der Waals surface area contributed by atoms with Crippen molar-refractivity contribution in [3.8, 4) is 0 Å². The zero-order chi connectivity index (χ0) is 18.7. The third kappa shape index (κ3) is 3.21. The third-order valence-electron chi connectivity index (χ3n) is 4.14. The molecule has 3 rings (SSSR count). The molecule has 0 atom stereocenters. The molecule has 0 saturated carbocycles. The number of rotatable bonds is 4. The summed E-state index contributed by atoms with van der Waals surface area (Å²) in [5.41, 5.74) is 1.40. The Morgan fingerprint density at radius 3 is 2.42 bits per heavy atom. The van der Waals surface area contributed by atoms with Crippen LogP contribution >= 0.6 is 0 Å². The van der Waals surface area contributed by atoms with Crippen LogP contribution in [0.3, 0.4) is 0 Å². The predicted molar refractivity (Wildman–Crippen MR) is 91.5 cm³/mol. The number of ether oxygens (including phenoxy) is 3. The summed E-state index contributed by atoms with van der Waals surface area (Å²) in [4.78, 5) is 39.4. The second kappa shape index (κ2) is 7.44. The highest BCUT2D eigenvalue weighted by molar-refractivity contribution is 6.03. The Balaban J connectivity index is 2.02. The first-order valence-electron chi connectivity index (χ1n) is 7.97. The number of nitrogens with one attached hydrogen (secondary N) is 1. The highest BCUT2D eigenvalue weighted by Crippen LogP contribution is 2.30. The topological polar surface area (TPSA) is 97.4 Å². The van der Waals surface area contributed by atoms with Crippen molar-refractivity contribution < 1.29 is 28.6 Å². The van der Waals surface area contributed by atoms with Gasteiger partial charge in [-0.05, 0) is 18.2 Å². The zero-order valence-electron chi connectivity index (χ0n) is 14.5. The second-order valence-electron chi connectivity index (χ2n) is 5.62. The van der Waals surface area contributed by atoms with Gasteiger partial charge in [0, 0.05) is 24.5 Å². The molecule has 1 fully saturated rings. The molecule has 2 heterocycles. The number of amides is 2. The van der Waals surface area contributed by atoms with Gasteiger partial charge in [-0.1, -0.05) is 6.07 Å². The maximum absolute atomic E-state index is 12.3. The SMILES string of the molecule is COC(=O)C1=C(C(=O)OC)N(c2cccc(N3CCNC3=O)c2)COC1. The van der Waals surface area contributed by atoms with Crippen LogP contribution in [0.2, 0.25) is 0 Å². The number of benzene rings is 1. The predicted octanol–water partition coefficient (Wildman–Crippen LogP) is 0.610. The summed E-state index contributed by atoms with van der Waals surface area (Å²) in [5, 5.41) is 2.74. The van der Waals surface area contributed by atoms with Gasteiger partial charge in [0.05, 0.1) is 26.4 Å². The van der Waals surface area contributed by atoms with Gasteiger partial charge in [-0.3, -0.25) is 4.90 Å². The van der Waals surface area contributed by atoms with Gasteiger partial charge in [0.25, 0.3) is 0 Å². The van der Waals surface area contributed by atoms with Crippen LogP contribution in [0.25, 0.3) is 0 Å². The number of nitrogens with zero attached hydrogens (tertiary/aromatic N) is 2. The van der Waals surface area contributed by atoms with Crippen LogP contribution < -0.4 is 15.1 Å². The molecular formula is C17H19N3O6. The molecule has 0 aliphatic carbocycles. The van der Waals surface area contributed by atoms with Crippen molar-refractivity contribution in [2.75, 3.05) is 50.4 Å². The quantitative estimate of drug-likeness (QED) is 0.785. The second-order valence-corrected chi connectivity index (χ2v) is 5.62. The number of esters is 2. The first kappa shape index (κ1) is 17.7. The maximum atomic E-state index is 12.3. The van der Waals surface area contributed by atoms with Crippen molar-refractivity contribution >= 4 is 29.3 Å². The monoisotopic (exact) mass is 361 g/mol. The van der Waals surface area contributed by atoms with E-state index in [1.54, 1.807) is 29.2 Å². The van der Waals surface area contributed by atoms with Crippen molar-refractivity contribution in [1.29, 1.82) is 0 Å². The van der Waals surface area contributed by atoms with Crippen molar-refractivity contribution in [3.63, 3.8) is 0 Å². The summed E-state index contributed by atoms with van der Waals surface area (Å²) in [6.07, 6.45) is 0. The zero-order valence-corrected chi connectivity index (χ0v) is 14.5. The van der Waals surface area contributed by atoms with Crippen molar-refractivity contribution in [2.45, 2.75) is 0 Å². The van der Waals surface area contributed by atoms with Crippen LogP contribution in [0.1, 0.15) is 0 Å². The molecule has 0 radical (unpaired) electrons. The molecule has 0 bridgehead atoms. The lowest BCUT2D eigenvalue weighted by Crippen LogP contribution is -2.39. The Morgan fingerprint density at radius 1 is 1.12 bits per heavy atom. The smallest absolute Gasteiger partial charge is 0.355 e. The fourth-order valence-electron chi connectivity index (χ4n) is 2.89. The van der Waals surface area contributed by atoms with E-state index in [9.17, 15) is 14.4 Å². The Bertz CT molecular complexity index is 776. The molecule has 26 heavy (non-hydrogen) atoms. The number of carbonyl (C=O) groups excluding carboxylic acids is 3. The van der Waals surface area contributed by atoms with E-state index in [0.29, 0.717) is 24.5 Å². The van der Waals surface area contributed by atoms with E-state index in [0.717, 1.165) is 0 Å². The fraction of sp³-hybridized carbons (Fsp3) is 0.353. The molecule has 2 aliphatic heterocycles. The van der Waals surface area contributed by atoms with Crippen molar-refractivity contribution in [2.24, 2.45) is 0 Å². The molecule has 2 aliphatic rings. The highest BCUT2D eigenvalue weighted by Gasteiger charge is 2.33. The molecule has 0 spiro atoms. The van der Waals surface area contributed by atoms with Gasteiger partial charge in [-0.2, -0.15) is 0 Å². The van der Waals surface area contributed by atoms with Gasteiger partial charge in [0.2, 0.25) is 0 Å². The molecule has 0 aromatic heterocycles. The molecule has 9 nitrogen and oxygen atoms in total. The molecule has 1 N–H and O–H groups in total. The van der Waals surface area contributed by atoms with Crippen LogP contribution in [-0.2, 0) is 23.8 Å². The molecular weight excluding hydrogens is 342 g/mol. The lowest BCUT2D eigenvalue weighted by Gasteiger charge is -2.31. The summed E-state index contributed by atoms with van der Waals surface area (Å²) in [5.74, 6) is -1.33. The largest absolute Gasteiger partial charge is 0.466 e. The Morgan fingerprint density at radius 2 is 1.81 bits per heavy atom. The van der Waals surface area contributed by atoms with Crippen LogP contribution in [0.4, 0.5) is 16.2 Å². The maximum Gasteiger partial charge on any atom is 0.355 e. The Kier molecular flexibility index (Phi) is 5.08. The average Bonchev–Trinajstić information content (AvgIpc) is 3.12. The third-order valence-corrected chi connectivity index (χ3v) is 4.14. The van der Waals surface area contributed by atoms with Gasteiger partial charge in [0.15, 0.2) is 0 Å². The van der Waals surface area contributed by atoms with E-state index in [1.807, 2.05) is 0 Å². The first-order chi connectivity index (χ1) is 12.6. The summed E-state index contributed by atoms with van der Waals surface area (Å²) in [7, 11) is 2.47. The van der Waals surface area contributed by atoms with Crippen LogP contribution in [-0.4, -0.2) is 58.6 Å². The van der Waals surface area contributed by atoms with E-state index < -0.39 is 11.9 Å². The lowest BCUT2D eigenvalue weighted by atomic mass is 10.1. The Hall–Kier alpha value is -3.07. The molecule has 0 unspecified atom stereocenters. The molecule has 1 saturated heterocycles. The first-order valence-corrected chi connectivity index (χ1v) is 7.97. The molecule has 138 valence electrons. The van der Waals surface area contributed by atoms with E-state index in [2.05, 4.69) is 5.32 Å². The lowest BCUT2D eigenvalue weighted by molar-refractivity contribution is -0.140. The van der Waals surface area contributed by atoms with Crippen LogP contribution in [0, 0.1) is 0 Å². The van der Waals surface area contributed by atoms with E-state index in [4.69, 9.17) is 14.2 Å². The van der Waals surface area contributed by atoms with Gasteiger partial charge in [-0.25, -0.2) is 14.4 Å².